The molecule has 0 unspecified atom stereocenters. The fourth-order valence-electron chi connectivity index (χ4n) is 1.73. The highest BCUT2D eigenvalue weighted by Crippen LogP contribution is 2.07. The summed E-state index contributed by atoms with van der Waals surface area (Å²) in [6.45, 7) is 0.212. The lowest BCUT2D eigenvalue weighted by molar-refractivity contribution is -0.137. The maximum Gasteiger partial charge on any atom is 0.325 e. The van der Waals surface area contributed by atoms with E-state index in [1.807, 2.05) is 0 Å². The van der Waals surface area contributed by atoms with E-state index in [9.17, 15) is 4.79 Å². The summed E-state index contributed by atoms with van der Waals surface area (Å²) in [6, 6.07) is 3.59. The third kappa shape index (κ3) is 2.55. The second-order valence-electron chi connectivity index (χ2n) is 4.10. The maximum atomic E-state index is 10.5. The minimum absolute atomic E-state index is 0.201. The lowest BCUT2D eigenvalue weighted by atomic mass is 10.4. The van der Waals surface area contributed by atoms with Crippen LogP contribution in [-0.2, 0) is 17.9 Å². The predicted octanol–water partition coefficient (Wildman–Crippen LogP) is 0.0175. The highest BCUT2D eigenvalue weighted by Gasteiger charge is 2.05. The summed E-state index contributed by atoms with van der Waals surface area (Å²) in [5.74, 6) is -0.270. The standard InChI is InChI=1S/C11H11N7O2/c19-11(20)7-17-6-8(15-16-17)5-12-9-2-4-18-10(14-9)1-3-13-18/h1-4,6H,5,7H2,(H,12,14)(H,19,20). The summed E-state index contributed by atoms with van der Waals surface area (Å²) in [7, 11) is 0. The molecule has 0 saturated heterocycles. The summed E-state index contributed by atoms with van der Waals surface area (Å²) in [5.41, 5.74) is 1.38. The topological polar surface area (TPSA) is 110 Å². The number of carboxylic acids is 1. The SMILES string of the molecule is O=C(O)Cn1cc(CNc2ccn3nccc3n2)nn1. The first-order valence-corrected chi connectivity index (χ1v) is 5.86. The van der Waals surface area contributed by atoms with Crippen LogP contribution in [0.25, 0.3) is 5.65 Å². The molecule has 3 heterocycles. The van der Waals surface area contributed by atoms with Gasteiger partial charge in [-0.3, -0.25) is 4.79 Å². The van der Waals surface area contributed by atoms with Crippen molar-refractivity contribution in [3.63, 3.8) is 0 Å². The fraction of sp³-hybridized carbons (Fsp3) is 0.182. The van der Waals surface area contributed by atoms with E-state index in [2.05, 4.69) is 25.7 Å². The third-order valence-electron chi connectivity index (χ3n) is 2.59. The van der Waals surface area contributed by atoms with E-state index < -0.39 is 5.97 Å². The molecule has 0 amide bonds. The molecule has 0 aliphatic rings. The number of aromatic nitrogens is 6. The second-order valence-corrected chi connectivity index (χ2v) is 4.10. The monoisotopic (exact) mass is 273 g/mol. The number of aliphatic carboxylic acids is 1. The third-order valence-corrected chi connectivity index (χ3v) is 2.59. The summed E-state index contributed by atoms with van der Waals surface area (Å²) in [6.07, 6.45) is 5.05. The van der Waals surface area contributed by atoms with Crippen LogP contribution in [0.4, 0.5) is 5.82 Å². The molecule has 2 N–H and O–H groups in total. The molecule has 9 heteroatoms. The zero-order valence-electron chi connectivity index (χ0n) is 10.3. The minimum Gasteiger partial charge on any atom is -0.480 e. The number of carboxylic acid groups (broad SMARTS) is 1. The van der Waals surface area contributed by atoms with Crippen LogP contribution < -0.4 is 5.32 Å². The summed E-state index contributed by atoms with van der Waals surface area (Å²) < 4.78 is 2.93. The molecule has 9 nitrogen and oxygen atoms in total. The Morgan fingerprint density at radius 3 is 3.15 bits per heavy atom. The van der Waals surface area contributed by atoms with E-state index in [1.165, 1.54) is 4.68 Å². The molecule has 0 aliphatic heterocycles. The predicted molar refractivity (Wildman–Crippen MR) is 68.0 cm³/mol. The van der Waals surface area contributed by atoms with Gasteiger partial charge >= 0.3 is 5.97 Å². The zero-order valence-corrected chi connectivity index (χ0v) is 10.3. The molecular weight excluding hydrogens is 262 g/mol. The molecule has 0 atom stereocenters. The van der Waals surface area contributed by atoms with E-state index in [1.54, 1.807) is 35.2 Å². The molecule has 0 aliphatic carbocycles. The van der Waals surface area contributed by atoms with Gasteiger partial charge in [0.1, 0.15) is 18.1 Å². The highest BCUT2D eigenvalue weighted by atomic mass is 16.4. The van der Waals surface area contributed by atoms with Gasteiger partial charge < -0.3 is 10.4 Å². The molecule has 3 aromatic rings. The van der Waals surface area contributed by atoms with Gasteiger partial charge in [0.15, 0.2) is 5.65 Å². The van der Waals surface area contributed by atoms with Crippen molar-refractivity contribution in [2.45, 2.75) is 13.1 Å². The van der Waals surface area contributed by atoms with Gasteiger partial charge in [0.25, 0.3) is 0 Å². The molecule has 0 fully saturated rings. The van der Waals surface area contributed by atoms with Gasteiger partial charge in [-0.05, 0) is 6.07 Å². The Kier molecular flexibility index (Phi) is 2.99. The van der Waals surface area contributed by atoms with Crippen molar-refractivity contribution in [3.8, 4) is 0 Å². The molecule has 0 radical (unpaired) electrons. The van der Waals surface area contributed by atoms with Gasteiger partial charge in [-0.25, -0.2) is 14.2 Å². The van der Waals surface area contributed by atoms with Crippen molar-refractivity contribution in [2.75, 3.05) is 5.32 Å². The molecule has 20 heavy (non-hydrogen) atoms. The molecule has 102 valence electrons. The van der Waals surface area contributed by atoms with Gasteiger partial charge in [0.2, 0.25) is 0 Å². The second kappa shape index (κ2) is 4.96. The van der Waals surface area contributed by atoms with E-state index in [4.69, 9.17) is 5.11 Å². The van der Waals surface area contributed by atoms with Crippen LogP contribution in [-0.4, -0.2) is 40.7 Å². The van der Waals surface area contributed by atoms with Crippen molar-refractivity contribution in [3.05, 3.63) is 36.4 Å². The molecule has 3 aromatic heterocycles. The number of nitrogens with zero attached hydrogens (tertiary/aromatic N) is 6. The molecule has 0 spiro atoms. The summed E-state index contributed by atoms with van der Waals surface area (Å²) in [5, 5.41) is 23.4. The van der Waals surface area contributed by atoms with E-state index in [-0.39, 0.29) is 6.54 Å². The first-order valence-electron chi connectivity index (χ1n) is 5.86. The molecular formula is C11H11N7O2. The first kappa shape index (κ1) is 12.1. The van der Waals surface area contributed by atoms with Gasteiger partial charge in [0.05, 0.1) is 18.9 Å². The Hall–Kier alpha value is -2.97. The largest absolute Gasteiger partial charge is 0.480 e. The van der Waals surface area contributed by atoms with Crippen molar-refractivity contribution in [2.24, 2.45) is 0 Å². The van der Waals surface area contributed by atoms with Crippen LogP contribution in [0.3, 0.4) is 0 Å². The molecule has 0 aromatic carbocycles. The van der Waals surface area contributed by atoms with Crippen LogP contribution in [0.5, 0.6) is 0 Å². The summed E-state index contributed by atoms with van der Waals surface area (Å²) >= 11 is 0. The number of carbonyl (C=O) groups is 1. The summed E-state index contributed by atoms with van der Waals surface area (Å²) in [4.78, 5) is 14.9. The van der Waals surface area contributed by atoms with Crippen LogP contribution in [0.15, 0.2) is 30.7 Å². The van der Waals surface area contributed by atoms with Gasteiger partial charge in [0, 0.05) is 12.3 Å². The van der Waals surface area contributed by atoms with Crippen molar-refractivity contribution in [1.29, 1.82) is 0 Å². The maximum absolute atomic E-state index is 10.5. The van der Waals surface area contributed by atoms with Crippen LogP contribution >= 0.6 is 0 Å². The lowest BCUT2D eigenvalue weighted by Crippen LogP contribution is -2.09. The molecule has 3 rings (SSSR count). The molecule has 0 saturated carbocycles. The van der Waals surface area contributed by atoms with Crippen molar-refractivity contribution < 1.29 is 9.90 Å². The number of hydrogen-bond acceptors (Lipinski definition) is 6. The Morgan fingerprint density at radius 1 is 1.40 bits per heavy atom. The number of fused-ring (bicyclic) bond motifs is 1. The van der Waals surface area contributed by atoms with Gasteiger partial charge in [-0.2, -0.15) is 5.10 Å². The van der Waals surface area contributed by atoms with Crippen LogP contribution in [0.1, 0.15) is 5.69 Å². The van der Waals surface area contributed by atoms with Gasteiger partial charge in [-0.1, -0.05) is 5.21 Å². The number of hydrogen-bond donors (Lipinski definition) is 2. The van der Waals surface area contributed by atoms with E-state index in [0.29, 0.717) is 18.1 Å². The van der Waals surface area contributed by atoms with Gasteiger partial charge in [-0.15, -0.1) is 5.10 Å². The van der Waals surface area contributed by atoms with E-state index in [0.717, 1.165) is 5.65 Å². The quantitative estimate of drug-likeness (QED) is 0.674. The number of anilines is 1. The normalized spacial score (nSPS) is 10.8. The number of rotatable bonds is 5. The Balaban J connectivity index is 1.66. The van der Waals surface area contributed by atoms with E-state index >= 15 is 0 Å². The lowest BCUT2D eigenvalue weighted by Gasteiger charge is -2.03. The Bertz CT molecular complexity index is 748. The Labute approximate surface area is 112 Å². The molecule has 0 bridgehead atoms. The Morgan fingerprint density at radius 2 is 2.30 bits per heavy atom. The fourth-order valence-corrected chi connectivity index (χ4v) is 1.73. The average molecular weight is 273 g/mol. The minimum atomic E-state index is -0.956. The average Bonchev–Trinajstić information content (AvgIpc) is 3.03. The zero-order chi connectivity index (χ0) is 13.9. The van der Waals surface area contributed by atoms with Crippen molar-refractivity contribution in [1.82, 2.24) is 29.6 Å². The van der Waals surface area contributed by atoms with Crippen LogP contribution in [0, 0.1) is 0 Å². The first-order chi connectivity index (χ1) is 9.70. The smallest absolute Gasteiger partial charge is 0.325 e. The van der Waals surface area contributed by atoms with Crippen LogP contribution in [0.2, 0.25) is 0 Å². The number of nitrogens with one attached hydrogen (secondary N) is 1. The highest BCUT2D eigenvalue weighted by molar-refractivity contribution is 5.66. The van der Waals surface area contributed by atoms with Crippen molar-refractivity contribution >= 4 is 17.4 Å².